The molecule has 7 aromatic carbocycles. The maximum absolute atomic E-state index is 13.5. The van der Waals surface area contributed by atoms with Gasteiger partial charge < -0.3 is 0 Å². The summed E-state index contributed by atoms with van der Waals surface area (Å²) in [6.07, 6.45) is -4.41. The van der Waals surface area contributed by atoms with Crippen molar-refractivity contribution in [1.82, 2.24) is 0 Å². The highest BCUT2D eigenvalue weighted by Crippen LogP contribution is 2.36. The van der Waals surface area contributed by atoms with Gasteiger partial charge in [0, 0.05) is 21.5 Å². The Bertz CT molecular complexity index is 2180. The molecule has 0 spiro atoms. The van der Waals surface area contributed by atoms with Gasteiger partial charge in [-0.25, -0.2) is 0 Å². The van der Waals surface area contributed by atoms with Crippen LogP contribution in [0, 0.1) is 6.92 Å². The van der Waals surface area contributed by atoms with Crippen molar-refractivity contribution >= 4 is 43.1 Å². The molecule has 5 heteroatoms. The number of fused-ring (bicyclic) bond motifs is 6. The summed E-state index contributed by atoms with van der Waals surface area (Å²) < 4.78 is 38.9. The first-order valence-electron chi connectivity index (χ1n) is 12.5. The van der Waals surface area contributed by atoms with Gasteiger partial charge in [0.2, 0.25) is 0 Å². The number of benzene rings is 5. The number of aryl methyl sites for hydroxylation is 1. The SMILES string of the molecule is Cc1ccc(-c2ccc3c(c2)c(=O)c2cc4c(=O)c5cc(-c6ccc(C(F)(F)F)cc6)ccc5c4cc23)cc1. The summed E-state index contributed by atoms with van der Waals surface area (Å²) in [6.45, 7) is 2.03. The van der Waals surface area contributed by atoms with E-state index >= 15 is 0 Å². The Labute approximate surface area is 220 Å². The Morgan fingerprint density at radius 2 is 0.821 bits per heavy atom. The Morgan fingerprint density at radius 3 is 1.28 bits per heavy atom. The zero-order valence-electron chi connectivity index (χ0n) is 20.7. The molecule has 0 fully saturated rings. The minimum Gasteiger partial charge on any atom is -0.289 e. The fraction of sp³-hybridized carbons (Fsp3) is 0.0588. The van der Waals surface area contributed by atoms with Gasteiger partial charge in [-0.2, -0.15) is 13.2 Å². The van der Waals surface area contributed by atoms with Crippen LogP contribution >= 0.6 is 0 Å². The fourth-order valence-corrected chi connectivity index (χ4v) is 5.60. The number of alkyl halides is 3. The highest BCUT2D eigenvalue weighted by Gasteiger charge is 2.30. The molecule has 0 saturated carbocycles. The van der Waals surface area contributed by atoms with Crippen LogP contribution in [0.3, 0.4) is 0 Å². The average molecular weight is 517 g/mol. The van der Waals surface area contributed by atoms with Crippen LogP contribution in [0.1, 0.15) is 11.1 Å². The van der Waals surface area contributed by atoms with Crippen LogP contribution in [0.2, 0.25) is 0 Å². The van der Waals surface area contributed by atoms with Gasteiger partial charge in [-0.3, -0.25) is 9.59 Å². The highest BCUT2D eigenvalue weighted by molar-refractivity contribution is 6.22. The quantitative estimate of drug-likeness (QED) is 0.231. The maximum Gasteiger partial charge on any atom is 0.416 e. The van der Waals surface area contributed by atoms with E-state index < -0.39 is 11.7 Å². The molecular weight excluding hydrogens is 497 g/mol. The molecule has 0 aliphatic heterocycles. The number of rotatable bonds is 2. The molecule has 0 N–H and O–H groups in total. The van der Waals surface area contributed by atoms with Gasteiger partial charge >= 0.3 is 6.18 Å². The predicted molar refractivity (Wildman–Crippen MR) is 152 cm³/mol. The summed E-state index contributed by atoms with van der Waals surface area (Å²) in [6, 6.07) is 27.9. The van der Waals surface area contributed by atoms with E-state index in [1.807, 2.05) is 67.6 Å². The summed E-state index contributed by atoms with van der Waals surface area (Å²) in [5.74, 6) is 0. The molecule has 2 nitrogen and oxygen atoms in total. The second-order valence-electron chi connectivity index (χ2n) is 10.1. The van der Waals surface area contributed by atoms with E-state index in [9.17, 15) is 22.8 Å². The van der Waals surface area contributed by atoms with Crippen molar-refractivity contribution in [3.8, 4) is 22.3 Å². The van der Waals surface area contributed by atoms with E-state index in [0.717, 1.165) is 50.4 Å². The number of hydrogen-bond acceptors (Lipinski definition) is 2. The Morgan fingerprint density at radius 1 is 0.436 bits per heavy atom. The smallest absolute Gasteiger partial charge is 0.289 e. The first-order valence-corrected chi connectivity index (χ1v) is 12.5. The van der Waals surface area contributed by atoms with Crippen molar-refractivity contribution in [2.75, 3.05) is 0 Å². The molecule has 0 bridgehead atoms. The van der Waals surface area contributed by atoms with Crippen molar-refractivity contribution in [1.29, 1.82) is 0 Å². The predicted octanol–water partition coefficient (Wildman–Crippen LogP) is 8.56. The van der Waals surface area contributed by atoms with Gasteiger partial charge in [-0.05, 0) is 87.1 Å². The van der Waals surface area contributed by atoms with E-state index in [1.54, 1.807) is 12.1 Å². The minimum atomic E-state index is -4.41. The molecule has 39 heavy (non-hydrogen) atoms. The van der Waals surface area contributed by atoms with Crippen molar-refractivity contribution < 1.29 is 13.2 Å². The molecule has 0 radical (unpaired) electrons. The van der Waals surface area contributed by atoms with Crippen LogP contribution in [0.15, 0.2) is 107 Å². The van der Waals surface area contributed by atoms with Gasteiger partial charge in [-0.15, -0.1) is 0 Å². The van der Waals surface area contributed by atoms with Gasteiger partial charge in [0.25, 0.3) is 0 Å². The largest absolute Gasteiger partial charge is 0.416 e. The molecule has 7 aromatic rings. The second kappa shape index (κ2) is 8.11. The third-order valence-corrected chi connectivity index (χ3v) is 7.69. The van der Waals surface area contributed by atoms with Crippen LogP contribution in [-0.4, -0.2) is 0 Å². The molecule has 7 rings (SSSR count). The third kappa shape index (κ3) is 3.57. The van der Waals surface area contributed by atoms with Crippen LogP contribution in [-0.2, 0) is 6.18 Å². The first-order chi connectivity index (χ1) is 18.7. The molecule has 0 atom stereocenters. The summed E-state index contributed by atoms with van der Waals surface area (Å²) in [5.41, 5.74) is 3.37. The summed E-state index contributed by atoms with van der Waals surface area (Å²) in [7, 11) is 0. The fourth-order valence-electron chi connectivity index (χ4n) is 5.60. The lowest BCUT2D eigenvalue weighted by atomic mass is 10.0. The first kappa shape index (κ1) is 23.4. The highest BCUT2D eigenvalue weighted by atomic mass is 19.4. The normalized spacial score (nSPS) is 12.3. The molecule has 0 aliphatic carbocycles. The van der Waals surface area contributed by atoms with Gasteiger partial charge in [0.05, 0.1) is 5.56 Å². The molecule has 0 heterocycles. The van der Waals surface area contributed by atoms with Crippen molar-refractivity contribution in [2.24, 2.45) is 0 Å². The Balaban J connectivity index is 1.39. The lowest BCUT2D eigenvalue weighted by molar-refractivity contribution is -0.137. The zero-order chi connectivity index (χ0) is 27.1. The number of halogens is 3. The maximum atomic E-state index is 13.5. The molecule has 188 valence electrons. The van der Waals surface area contributed by atoms with E-state index in [4.69, 9.17) is 0 Å². The van der Waals surface area contributed by atoms with Crippen LogP contribution in [0.4, 0.5) is 13.2 Å². The number of hydrogen-bond donors (Lipinski definition) is 0. The van der Waals surface area contributed by atoms with Gasteiger partial charge in [0.1, 0.15) is 0 Å². The standard InChI is InChI=1S/C34H19F3O2/c1-18-2-4-19(5-3-18)21-8-12-24-26-16-27-25-13-9-22(20-6-10-23(11-7-20)34(35,36)37)15-29(25)33(39)31(27)17-30(26)32(38)28(24)14-21/h2-17H,1H3. The molecule has 0 aromatic heterocycles. The Hall–Kier alpha value is -4.77. The summed E-state index contributed by atoms with van der Waals surface area (Å²) >= 11 is 0. The minimum absolute atomic E-state index is 0.106. The van der Waals surface area contributed by atoms with Gasteiger partial charge in [0.15, 0.2) is 10.9 Å². The van der Waals surface area contributed by atoms with Crippen LogP contribution < -0.4 is 10.9 Å². The Kier molecular flexibility index (Phi) is 4.86. The summed E-state index contributed by atoms with van der Waals surface area (Å²) in [5, 5.41) is 5.24. The second-order valence-corrected chi connectivity index (χ2v) is 10.1. The zero-order valence-corrected chi connectivity index (χ0v) is 20.7. The van der Waals surface area contributed by atoms with Gasteiger partial charge in [-0.1, -0.05) is 66.2 Å². The van der Waals surface area contributed by atoms with E-state index in [2.05, 4.69) is 0 Å². The third-order valence-electron chi connectivity index (χ3n) is 7.69. The van der Waals surface area contributed by atoms with Crippen molar-refractivity contribution in [3.05, 3.63) is 129 Å². The molecule has 0 saturated heterocycles. The lowest BCUT2D eigenvalue weighted by Crippen LogP contribution is -2.04. The van der Waals surface area contributed by atoms with Crippen LogP contribution in [0.5, 0.6) is 0 Å². The van der Waals surface area contributed by atoms with E-state index in [1.165, 1.54) is 12.1 Å². The van der Waals surface area contributed by atoms with Crippen molar-refractivity contribution in [3.63, 3.8) is 0 Å². The van der Waals surface area contributed by atoms with Crippen molar-refractivity contribution in [2.45, 2.75) is 13.1 Å². The van der Waals surface area contributed by atoms with E-state index in [0.29, 0.717) is 32.7 Å². The topological polar surface area (TPSA) is 34.1 Å². The lowest BCUT2D eigenvalue weighted by Gasteiger charge is -2.08. The monoisotopic (exact) mass is 516 g/mol. The summed E-state index contributed by atoms with van der Waals surface area (Å²) in [4.78, 5) is 26.9. The van der Waals surface area contributed by atoms with Crippen LogP contribution in [0.25, 0.3) is 65.3 Å². The molecule has 0 aliphatic rings. The molecule has 0 unspecified atom stereocenters. The molecular formula is C34H19F3O2. The molecule has 0 amide bonds. The average Bonchev–Trinajstić information content (AvgIpc) is 3.37. The van der Waals surface area contributed by atoms with E-state index in [-0.39, 0.29) is 10.9 Å².